The number of hydrogen-bond donors (Lipinski definition) is 0. The topological polar surface area (TPSA) is 85.0 Å². The zero-order valence-electron chi connectivity index (χ0n) is 10.2. The second-order valence-corrected chi connectivity index (χ2v) is 5.87. The monoisotopic (exact) mass is 263 g/mol. The van der Waals surface area contributed by atoms with E-state index < -0.39 is 16.1 Å². The summed E-state index contributed by atoms with van der Waals surface area (Å²) in [7, 11) is -2.17. The molecule has 6 heteroatoms. The van der Waals surface area contributed by atoms with Crippen molar-refractivity contribution in [3.05, 3.63) is 29.8 Å². The van der Waals surface area contributed by atoms with Gasteiger partial charge in [-0.2, -0.15) is 14.8 Å². The molecule has 0 spiro atoms. The van der Waals surface area contributed by atoms with Gasteiger partial charge in [-0.05, 0) is 31.2 Å². The largest absolute Gasteiger partial charge is 0.243 e. The van der Waals surface area contributed by atoms with Crippen LogP contribution in [0.15, 0.2) is 29.2 Å². The fraction of sp³-hybridized carbons (Fsp3) is 0.333. The molecule has 1 unspecified atom stereocenters. The van der Waals surface area contributed by atoms with Gasteiger partial charge in [0.05, 0.1) is 29.0 Å². The van der Waals surface area contributed by atoms with Crippen LogP contribution in [0.2, 0.25) is 0 Å². The van der Waals surface area contributed by atoms with Gasteiger partial charge in [-0.3, -0.25) is 0 Å². The van der Waals surface area contributed by atoms with E-state index in [0.717, 1.165) is 4.31 Å². The van der Waals surface area contributed by atoms with E-state index in [1.165, 1.54) is 31.3 Å². The first-order valence-corrected chi connectivity index (χ1v) is 6.72. The van der Waals surface area contributed by atoms with Gasteiger partial charge >= 0.3 is 0 Å². The van der Waals surface area contributed by atoms with E-state index in [1.807, 2.05) is 12.1 Å². The Morgan fingerprint density at radius 3 is 2.28 bits per heavy atom. The highest BCUT2D eigenvalue weighted by Crippen LogP contribution is 2.18. The lowest BCUT2D eigenvalue weighted by Gasteiger charge is -2.22. The summed E-state index contributed by atoms with van der Waals surface area (Å²) in [6, 6.07) is 9.17. The molecular weight excluding hydrogens is 250 g/mol. The van der Waals surface area contributed by atoms with Crippen molar-refractivity contribution >= 4 is 10.0 Å². The molecule has 0 bridgehead atoms. The van der Waals surface area contributed by atoms with Crippen LogP contribution >= 0.6 is 0 Å². The number of nitrogens with zero attached hydrogens (tertiary/aromatic N) is 3. The number of hydrogen-bond acceptors (Lipinski definition) is 4. The van der Waals surface area contributed by atoms with Crippen LogP contribution in [0.1, 0.15) is 18.9 Å². The Balaban J connectivity index is 3.06. The molecule has 0 N–H and O–H groups in total. The summed E-state index contributed by atoms with van der Waals surface area (Å²) < 4.78 is 25.5. The quantitative estimate of drug-likeness (QED) is 0.823. The first-order chi connectivity index (χ1) is 8.43. The van der Waals surface area contributed by atoms with Crippen molar-refractivity contribution in [1.29, 1.82) is 10.5 Å². The predicted octanol–water partition coefficient (Wildman–Crippen LogP) is 1.48. The summed E-state index contributed by atoms with van der Waals surface area (Å²) in [4.78, 5) is 0.119. The van der Waals surface area contributed by atoms with E-state index in [-0.39, 0.29) is 11.3 Å². The summed E-state index contributed by atoms with van der Waals surface area (Å²) >= 11 is 0. The van der Waals surface area contributed by atoms with Crippen molar-refractivity contribution in [3.63, 3.8) is 0 Å². The van der Waals surface area contributed by atoms with Crippen LogP contribution in [0.5, 0.6) is 0 Å². The molecule has 1 aromatic carbocycles. The summed E-state index contributed by atoms with van der Waals surface area (Å²) in [5.74, 6) is 0. The molecule has 0 radical (unpaired) electrons. The maximum Gasteiger partial charge on any atom is 0.243 e. The third kappa shape index (κ3) is 2.86. The highest BCUT2D eigenvalue weighted by Gasteiger charge is 2.24. The predicted molar refractivity (Wildman–Crippen MR) is 65.8 cm³/mol. The molecule has 0 heterocycles. The number of nitriles is 2. The number of sulfonamides is 1. The molecule has 0 aliphatic heterocycles. The Hall–Kier alpha value is -1.89. The summed E-state index contributed by atoms with van der Waals surface area (Å²) in [6.07, 6.45) is 0.131. The molecule has 1 atom stereocenters. The van der Waals surface area contributed by atoms with E-state index in [4.69, 9.17) is 10.5 Å². The zero-order chi connectivity index (χ0) is 13.8. The van der Waals surface area contributed by atoms with Crippen molar-refractivity contribution in [2.45, 2.75) is 24.3 Å². The minimum atomic E-state index is -3.61. The first kappa shape index (κ1) is 14.2. The van der Waals surface area contributed by atoms with Crippen molar-refractivity contribution in [1.82, 2.24) is 4.31 Å². The number of rotatable bonds is 4. The minimum absolute atomic E-state index is 0.119. The SMILES string of the molecule is CC(CC#N)N(C)S(=O)(=O)c1ccc(C#N)cc1. The Bertz CT molecular complexity index is 594. The summed E-state index contributed by atoms with van der Waals surface area (Å²) in [5.41, 5.74) is 0.404. The Kier molecular flexibility index (Phi) is 4.43. The van der Waals surface area contributed by atoms with Gasteiger partial charge in [0.15, 0.2) is 0 Å². The van der Waals surface area contributed by atoms with Crippen LogP contribution in [0, 0.1) is 22.7 Å². The van der Waals surface area contributed by atoms with E-state index >= 15 is 0 Å². The molecule has 0 aromatic heterocycles. The molecule has 0 aliphatic carbocycles. The van der Waals surface area contributed by atoms with E-state index in [2.05, 4.69) is 0 Å². The molecule has 18 heavy (non-hydrogen) atoms. The normalized spacial score (nSPS) is 12.7. The Morgan fingerprint density at radius 1 is 1.28 bits per heavy atom. The van der Waals surface area contributed by atoms with Gasteiger partial charge in [0.25, 0.3) is 0 Å². The van der Waals surface area contributed by atoms with Crippen molar-refractivity contribution in [2.75, 3.05) is 7.05 Å². The molecule has 0 fully saturated rings. The highest BCUT2D eigenvalue weighted by atomic mass is 32.2. The first-order valence-electron chi connectivity index (χ1n) is 5.28. The lowest BCUT2D eigenvalue weighted by atomic mass is 10.2. The van der Waals surface area contributed by atoms with Gasteiger partial charge < -0.3 is 0 Å². The molecule has 5 nitrogen and oxygen atoms in total. The van der Waals surface area contributed by atoms with Gasteiger partial charge in [0.1, 0.15) is 0 Å². The Morgan fingerprint density at radius 2 is 1.83 bits per heavy atom. The Labute approximate surface area is 107 Å². The average molecular weight is 263 g/mol. The van der Waals surface area contributed by atoms with Crippen LogP contribution in [-0.2, 0) is 10.0 Å². The highest BCUT2D eigenvalue weighted by molar-refractivity contribution is 7.89. The van der Waals surface area contributed by atoms with Crippen LogP contribution in [0.4, 0.5) is 0 Å². The van der Waals surface area contributed by atoms with Crippen molar-refractivity contribution in [3.8, 4) is 12.1 Å². The summed E-state index contributed by atoms with van der Waals surface area (Å²) in [6.45, 7) is 1.67. The molecule has 0 saturated carbocycles. The molecule has 0 saturated heterocycles. The van der Waals surface area contributed by atoms with Crippen LogP contribution in [0.25, 0.3) is 0 Å². The average Bonchev–Trinajstić information content (AvgIpc) is 2.38. The smallest absolute Gasteiger partial charge is 0.207 e. The van der Waals surface area contributed by atoms with Gasteiger partial charge in [-0.25, -0.2) is 8.42 Å². The standard InChI is InChI=1S/C12H13N3O2S/c1-10(7-8-13)15(2)18(16,17)12-5-3-11(9-14)4-6-12/h3-6,10H,7H2,1-2H3. The van der Waals surface area contributed by atoms with Crippen LogP contribution in [0.3, 0.4) is 0 Å². The second kappa shape index (κ2) is 5.63. The summed E-state index contributed by atoms with van der Waals surface area (Å²) in [5, 5.41) is 17.2. The molecule has 0 amide bonds. The van der Waals surface area contributed by atoms with Gasteiger partial charge in [-0.15, -0.1) is 0 Å². The van der Waals surface area contributed by atoms with Gasteiger partial charge in [0, 0.05) is 13.1 Å². The van der Waals surface area contributed by atoms with Crippen molar-refractivity contribution in [2.24, 2.45) is 0 Å². The maximum atomic E-state index is 12.2. The molecular formula is C12H13N3O2S. The van der Waals surface area contributed by atoms with Gasteiger partial charge in [-0.1, -0.05) is 0 Å². The van der Waals surface area contributed by atoms with E-state index in [0.29, 0.717) is 5.56 Å². The molecule has 1 rings (SSSR count). The van der Waals surface area contributed by atoms with Crippen LogP contribution < -0.4 is 0 Å². The number of benzene rings is 1. The van der Waals surface area contributed by atoms with Crippen LogP contribution in [-0.4, -0.2) is 25.8 Å². The third-order valence-corrected chi connectivity index (χ3v) is 4.65. The van der Waals surface area contributed by atoms with E-state index in [9.17, 15) is 8.42 Å². The van der Waals surface area contributed by atoms with E-state index in [1.54, 1.807) is 6.92 Å². The molecule has 94 valence electrons. The zero-order valence-corrected chi connectivity index (χ0v) is 11.0. The molecule has 0 aliphatic rings. The third-order valence-electron chi connectivity index (χ3n) is 2.67. The van der Waals surface area contributed by atoms with Crippen molar-refractivity contribution < 1.29 is 8.42 Å². The fourth-order valence-corrected chi connectivity index (χ4v) is 2.73. The van der Waals surface area contributed by atoms with Gasteiger partial charge in [0.2, 0.25) is 10.0 Å². The maximum absolute atomic E-state index is 12.2. The second-order valence-electron chi connectivity index (χ2n) is 3.87. The lowest BCUT2D eigenvalue weighted by molar-refractivity contribution is 0.393. The fourth-order valence-electron chi connectivity index (χ4n) is 1.37. The lowest BCUT2D eigenvalue weighted by Crippen LogP contribution is -2.34. The molecule has 1 aromatic rings. The minimum Gasteiger partial charge on any atom is -0.207 e.